The fourth-order valence-electron chi connectivity index (χ4n) is 3.39. The second-order valence-corrected chi connectivity index (χ2v) is 6.22. The highest BCUT2D eigenvalue weighted by molar-refractivity contribution is 5.99. The maximum atomic E-state index is 11.7. The van der Waals surface area contributed by atoms with Gasteiger partial charge in [-0.05, 0) is 48.4 Å². The molecule has 0 aromatic heterocycles. The van der Waals surface area contributed by atoms with Crippen LogP contribution in [0.5, 0.6) is 0 Å². The van der Waals surface area contributed by atoms with Crippen molar-refractivity contribution in [2.45, 2.75) is 44.4 Å². The van der Waals surface area contributed by atoms with E-state index in [9.17, 15) is 14.4 Å². The van der Waals surface area contributed by atoms with Crippen molar-refractivity contribution >= 4 is 23.3 Å². The molecule has 1 aliphatic heterocycles. The third-order valence-electron chi connectivity index (χ3n) is 4.56. The molecular weight excluding hydrogens is 292 g/mol. The molecule has 5 nitrogen and oxygen atoms in total. The van der Waals surface area contributed by atoms with Crippen molar-refractivity contribution in [1.82, 2.24) is 5.32 Å². The number of rotatable bonds is 3. The molecule has 3 rings (SSSR count). The Morgan fingerprint density at radius 1 is 1.13 bits per heavy atom. The molecular formula is C18H20N2O3. The van der Waals surface area contributed by atoms with E-state index in [4.69, 9.17) is 5.73 Å². The van der Waals surface area contributed by atoms with Gasteiger partial charge in [0.05, 0.1) is 0 Å². The molecule has 1 saturated heterocycles. The van der Waals surface area contributed by atoms with Crippen LogP contribution in [0, 0.1) is 0 Å². The van der Waals surface area contributed by atoms with Crippen LogP contribution >= 0.6 is 0 Å². The van der Waals surface area contributed by atoms with Crippen molar-refractivity contribution in [2.75, 3.05) is 0 Å². The van der Waals surface area contributed by atoms with E-state index in [1.54, 1.807) is 6.07 Å². The van der Waals surface area contributed by atoms with Crippen LogP contribution in [0.2, 0.25) is 0 Å². The van der Waals surface area contributed by atoms with Gasteiger partial charge in [-0.3, -0.25) is 19.7 Å². The molecule has 3 amide bonds. The van der Waals surface area contributed by atoms with Gasteiger partial charge in [0, 0.05) is 24.3 Å². The second-order valence-electron chi connectivity index (χ2n) is 6.22. The van der Waals surface area contributed by atoms with Crippen LogP contribution in [-0.2, 0) is 9.59 Å². The second kappa shape index (κ2) is 6.36. The normalized spacial score (nSPS) is 19.2. The maximum Gasteiger partial charge on any atom is 0.249 e. The summed E-state index contributed by atoms with van der Waals surface area (Å²) in [6.45, 7) is 0. The summed E-state index contributed by atoms with van der Waals surface area (Å²) < 4.78 is 0. The van der Waals surface area contributed by atoms with Crippen molar-refractivity contribution in [2.24, 2.45) is 5.73 Å². The Morgan fingerprint density at radius 3 is 2.48 bits per heavy atom. The molecule has 0 spiro atoms. The standard InChI is InChI=1S/C18H20N2O3/c19-18(23)14-7-6-12(13-9-16(21)20-17(22)10-13)8-15(14)11-4-2-1-3-5-11/h4,6-8,13H,1-3,5,9-10H2,(H2,19,23)(H,20,21,22). The lowest BCUT2D eigenvalue weighted by molar-refractivity contribution is -0.133. The first-order valence-corrected chi connectivity index (χ1v) is 8.00. The predicted molar refractivity (Wildman–Crippen MR) is 86.5 cm³/mol. The minimum absolute atomic E-state index is 0.138. The fraction of sp³-hybridized carbons (Fsp3) is 0.389. The smallest absolute Gasteiger partial charge is 0.249 e. The number of primary amides is 1. The third-order valence-corrected chi connectivity index (χ3v) is 4.56. The molecule has 1 aromatic carbocycles. The minimum atomic E-state index is -0.449. The van der Waals surface area contributed by atoms with Gasteiger partial charge in [0.25, 0.3) is 0 Å². The molecule has 23 heavy (non-hydrogen) atoms. The Kier molecular flexibility index (Phi) is 4.28. The van der Waals surface area contributed by atoms with Crippen LogP contribution in [0.25, 0.3) is 5.57 Å². The summed E-state index contributed by atoms with van der Waals surface area (Å²) in [6, 6.07) is 5.47. The lowest BCUT2D eigenvalue weighted by Crippen LogP contribution is -2.37. The molecule has 1 aliphatic carbocycles. The molecule has 0 saturated carbocycles. The lowest BCUT2D eigenvalue weighted by Gasteiger charge is -2.23. The monoisotopic (exact) mass is 312 g/mol. The molecule has 5 heteroatoms. The van der Waals surface area contributed by atoms with E-state index in [0.29, 0.717) is 18.4 Å². The average molecular weight is 312 g/mol. The van der Waals surface area contributed by atoms with Gasteiger partial charge < -0.3 is 5.73 Å². The zero-order valence-electron chi connectivity index (χ0n) is 12.9. The number of piperidine rings is 1. The highest BCUT2D eigenvalue weighted by Crippen LogP contribution is 2.33. The first-order valence-electron chi connectivity index (χ1n) is 8.00. The van der Waals surface area contributed by atoms with E-state index in [1.807, 2.05) is 12.1 Å². The number of carbonyl (C=O) groups is 3. The number of hydrogen-bond acceptors (Lipinski definition) is 3. The van der Waals surface area contributed by atoms with Gasteiger partial charge in [0.1, 0.15) is 0 Å². The summed E-state index contributed by atoms with van der Waals surface area (Å²) in [4.78, 5) is 34.9. The quantitative estimate of drug-likeness (QED) is 0.839. The number of hydrogen-bond donors (Lipinski definition) is 2. The Balaban J connectivity index is 1.99. The molecule has 0 atom stereocenters. The van der Waals surface area contributed by atoms with Gasteiger partial charge in [-0.15, -0.1) is 0 Å². The Bertz CT molecular complexity index is 690. The highest BCUT2D eigenvalue weighted by Gasteiger charge is 2.27. The largest absolute Gasteiger partial charge is 0.366 e. The van der Waals surface area contributed by atoms with Crippen LogP contribution in [0.4, 0.5) is 0 Å². The summed E-state index contributed by atoms with van der Waals surface area (Å²) in [5.41, 5.74) is 8.93. The summed E-state index contributed by atoms with van der Waals surface area (Å²) >= 11 is 0. The maximum absolute atomic E-state index is 11.7. The summed E-state index contributed by atoms with van der Waals surface area (Å²) in [5.74, 6) is -1.08. The van der Waals surface area contributed by atoms with Gasteiger partial charge in [-0.1, -0.05) is 18.2 Å². The molecule has 1 fully saturated rings. The first kappa shape index (κ1) is 15.5. The number of nitrogens with two attached hydrogens (primary N) is 1. The summed E-state index contributed by atoms with van der Waals surface area (Å²) in [7, 11) is 0. The van der Waals surface area contributed by atoms with Crippen molar-refractivity contribution in [3.8, 4) is 0 Å². The highest BCUT2D eigenvalue weighted by atomic mass is 16.2. The molecule has 3 N–H and O–H groups in total. The molecule has 0 unspecified atom stereocenters. The van der Waals surface area contributed by atoms with E-state index in [0.717, 1.165) is 42.4 Å². The number of benzene rings is 1. The molecule has 1 heterocycles. The fourth-order valence-corrected chi connectivity index (χ4v) is 3.39. The first-order chi connectivity index (χ1) is 11.0. The average Bonchev–Trinajstić information content (AvgIpc) is 2.54. The Labute approximate surface area is 134 Å². The SMILES string of the molecule is NC(=O)c1ccc(C2CC(=O)NC(=O)C2)cc1C1=CCCCC1. The van der Waals surface area contributed by atoms with Gasteiger partial charge in [0.2, 0.25) is 17.7 Å². The van der Waals surface area contributed by atoms with Gasteiger partial charge >= 0.3 is 0 Å². The van der Waals surface area contributed by atoms with E-state index in [-0.39, 0.29) is 17.7 Å². The molecule has 0 bridgehead atoms. The van der Waals surface area contributed by atoms with E-state index in [2.05, 4.69) is 11.4 Å². The van der Waals surface area contributed by atoms with Crippen molar-refractivity contribution in [3.63, 3.8) is 0 Å². The molecule has 2 aliphatic rings. The minimum Gasteiger partial charge on any atom is -0.366 e. The van der Waals surface area contributed by atoms with Crippen molar-refractivity contribution in [3.05, 3.63) is 41.0 Å². The van der Waals surface area contributed by atoms with Crippen LogP contribution in [0.1, 0.15) is 65.9 Å². The predicted octanol–water partition coefficient (Wildman–Crippen LogP) is 2.26. The zero-order chi connectivity index (χ0) is 16.4. The van der Waals surface area contributed by atoms with Crippen LogP contribution < -0.4 is 11.1 Å². The Morgan fingerprint density at radius 2 is 1.87 bits per heavy atom. The zero-order valence-corrected chi connectivity index (χ0v) is 12.9. The number of carbonyl (C=O) groups excluding carboxylic acids is 3. The summed E-state index contributed by atoms with van der Waals surface area (Å²) in [5, 5.41) is 2.32. The number of amides is 3. The number of nitrogens with one attached hydrogen (secondary N) is 1. The molecule has 120 valence electrons. The topological polar surface area (TPSA) is 89.3 Å². The van der Waals surface area contributed by atoms with Gasteiger partial charge in [-0.2, -0.15) is 0 Å². The number of allylic oxidation sites excluding steroid dienone is 2. The molecule has 0 radical (unpaired) electrons. The van der Waals surface area contributed by atoms with Crippen molar-refractivity contribution < 1.29 is 14.4 Å². The van der Waals surface area contributed by atoms with E-state index < -0.39 is 5.91 Å². The molecule has 1 aromatic rings. The number of imide groups is 1. The third kappa shape index (κ3) is 3.33. The van der Waals surface area contributed by atoms with Gasteiger partial charge in [0.15, 0.2) is 0 Å². The van der Waals surface area contributed by atoms with Crippen LogP contribution in [-0.4, -0.2) is 17.7 Å². The van der Waals surface area contributed by atoms with E-state index >= 15 is 0 Å². The van der Waals surface area contributed by atoms with Crippen LogP contribution in [0.15, 0.2) is 24.3 Å². The van der Waals surface area contributed by atoms with Gasteiger partial charge in [-0.25, -0.2) is 0 Å². The lowest BCUT2D eigenvalue weighted by atomic mass is 9.84. The van der Waals surface area contributed by atoms with Crippen molar-refractivity contribution in [1.29, 1.82) is 0 Å². The van der Waals surface area contributed by atoms with E-state index in [1.165, 1.54) is 0 Å². The van der Waals surface area contributed by atoms with Crippen LogP contribution in [0.3, 0.4) is 0 Å². The summed E-state index contributed by atoms with van der Waals surface area (Å²) in [6.07, 6.45) is 6.93. The Hall–Kier alpha value is -2.43.